The van der Waals surface area contributed by atoms with Crippen molar-refractivity contribution in [2.45, 2.75) is 51.6 Å². The third-order valence-corrected chi connectivity index (χ3v) is 7.36. The number of amidine groups is 1. The topological polar surface area (TPSA) is 36.9 Å². The molecule has 0 spiro atoms. The van der Waals surface area contributed by atoms with Crippen molar-refractivity contribution in [3.8, 4) is 11.5 Å². The molecule has 0 amide bonds. The van der Waals surface area contributed by atoms with Crippen molar-refractivity contribution in [2.24, 2.45) is 4.99 Å². The maximum absolute atomic E-state index is 6.55. The zero-order valence-electron chi connectivity index (χ0n) is 20.6. The monoisotopic (exact) mass is 463 g/mol. The highest BCUT2D eigenvalue weighted by Crippen LogP contribution is 2.51. The van der Waals surface area contributed by atoms with Crippen LogP contribution in [0.15, 0.2) is 77.8 Å². The third kappa shape index (κ3) is 3.91. The first kappa shape index (κ1) is 22.0. The molecule has 2 heterocycles. The van der Waals surface area contributed by atoms with E-state index in [-0.39, 0.29) is 12.1 Å². The average Bonchev–Trinajstić information content (AvgIpc) is 3.34. The van der Waals surface area contributed by atoms with Gasteiger partial charge in [-0.25, -0.2) is 0 Å². The van der Waals surface area contributed by atoms with E-state index >= 15 is 0 Å². The summed E-state index contributed by atoms with van der Waals surface area (Å²) in [6.07, 6.45) is 7.18. The summed E-state index contributed by atoms with van der Waals surface area (Å²) < 4.78 is 6.55. The number of nitrogens with zero attached hydrogens (tertiary/aromatic N) is 2. The standard InChI is InChI=1S/C31H33N3O/c1-3-5-17-34(18-6-4-2)22-15-16-23-25-20-26-30(33-31(32-26)21-11-8-7-9-12-21)24-13-10-14-27(29(24)25)35-28(23)19-22/h7-16,19-20,26,30H,3-6,17-18H2,1-2H3,(H,32,33). The Balaban J connectivity index is 1.38. The average molecular weight is 464 g/mol. The van der Waals surface area contributed by atoms with Crippen LogP contribution in [0.2, 0.25) is 0 Å². The van der Waals surface area contributed by atoms with E-state index in [1.54, 1.807) is 0 Å². The van der Waals surface area contributed by atoms with Gasteiger partial charge in [-0.1, -0.05) is 75.2 Å². The summed E-state index contributed by atoms with van der Waals surface area (Å²) in [5, 5.41) is 3.69. The van der Waals surface area contributed by atoms with Crippen LogP contribution in [0.25, 0.3) is 5.57 Å². The Labute approximate surface area is 208 Å². The second-order valence-electron chi connectivity index (χ2n) is 9.74. The molecule has 0 saturated heterocycles. The van der Waals surface area contributed by atoms with Crippen molar-refractivity contribution in [1.82, 2.24) is 5.32 Å². The molecule has 0 aromatic heterocycles. The van der Waals surface area contributed by atoms with Gasteiger partial charge in [0.25, 0.3) is 0 Å². The fraction of sp³-hybridized carbons (Fsp3) is 0.323. The number of rotatable bonds is 8. The molecular weight excluding hydrogens is 430 g/mol. The molecule has 6 rings (SSSR count). The third-order valence-electron chi connectivity index (χ3n) is 7.36. The molecule has 0 fully saturated rings. The Bertz CT molecular complexity index is 1290. The molecule has 4 heteroatoms. The lowest BCUT2D eigenvalue weighted by atomic mass is 9.80. The molecule has 1 N–H and O–H groups in total. The van der Waals surface area contributed by atoms with E-state index in [0.29, 0.717) is 0 Å². The summed E-state index contributed by atoms with van der Waals surface area (Å²) >= 11 is 0. The predicted molar refractivity (Wildman–Crippen MR) is 145 cm³/mol. The molecule has 178 valence electrons. The lowest BCUT2D eigenvalue weighted by molar-refractivity contribution is 0.469. The molecule has 3 aliphatic rings. The van der Waals surface area contributed by atoms with E-state index in [1.165, 1.54) is 53.6 Å². The van der Waals surface area contributed by atoms with Gasteiger partial charge in [-0.05, 0) is 42.2 Å². The summed E-state index contributed by atoms with van der Waals surface area (Å²) in [5.41, 5.74) is 7.26. The van der Waals surface area contributed by atoms with Crippen LogP contribution in [-0.4, -0.2) is 25.0 Å². The number of hydrogen-bond donors (Lipinski definition) is 1. The smallest absolute Gasteiger partial charge is 0.137 e. The summed E-state index contributed by atoms with van der Waals surface area (Å²) in [6, 6.07) is 23.8. The minimum Gasteiger partial charge on any atom is -0.456 e. The van der Waals surface area contributed by atoms with Crippen molar-refractivity contribution < 1.29 is 4.74 Å². The zero-order valence-corrected chi connectivity index (χ0v) is 20.6. The minimum atomic E-state index is 0.0620. The minimum absolute atomic E-state index is 0.0620. The number of nitrogens with one attached hydrogen (secondary N) is 1. The Kier molecular flexibility index (Phi) is 5.81. The zero-order chi connectivity index (χ0) is 23.8. The van der Waals surface area contributed by atoms with Gasteiger partial charge in [0.2, 0.25) is 0 Å². The Hall–Kier alpha value is -3.53. The number of unbranched alkanes of at least 4 members (excludes halogenated alkanes) is 2. The van der Waals surface area contributed by atoms with Crippen LogP contribution in [-0.2, 0) is 0 Å². The van der Waals surface area contributed by atoms with Gasteiger partial charge in [0, 0.05) is 41.5 Å². The molecule has 4 nitrogen and oxygen atoms in total. The predicted octanol–water partition coefficient (Wildman–Crippen LogP) is 7.10. The second kappa shape index (κ2) is 9.26. The van der Waals surface area contributed by atoms with Gasteiger partial charge in [0.15, 0.2) is 0 Å². The van der Waals surface area contributed by atoms with Crippen molar-refractivity contribution >= 4 is 17.1 Å². The van der Waals surface area contributed by atoms with Gasteiger partial charge in [0.05, 0.1) is 6.04 Å². The highest BCUT2D eigenvalue weighted by Gasteiger charge is 2.38. The van der Waals surface area contributed by atoms with Crippen LogP contribution in [0.5, 0.6) is 11.5 Å². The molecule has 0 bridgehead atoms. The highest BCUT2D eigenvalue weighted by atomic mass is 16.5. The highest BCUT2D eigenvalue weighted by molar-refractivity contribution is 6.02. The normalized spacial score (nSPS) is 18.9. The molecule has 0 radical (unpaired) electrons. The van der Waals surface area contributed by atoms with Gasteiger partial charge >= 0.3 is 0 Å². The Morgan fingerprint density at radius 2 is 1.69 bits per heavy atom. The first-order valence-electron chi connectivity index (χ1n) is 13.1. The number of aliphatic imine (C=N–C) groups is 1. The first-order valence-corrected chi connectivity index (χ1v) is 13.1. The Morgan fingerprint density at radius 1 is 0.886 bits per heavy atom. The fourth-order valence-corrected chi connectivity index (χ4v) is 5.50. The first-order chi connectivity index (χ1) is 17.3. The van der Waals surface area contributed by atoms with Crippen molar-refractivity contribution in [2.75, 3.05) is 18.0 Å². The summed E-state index contributed by atoms with van der Waals surface area (Å²) in [7, 11) is 0. The van der Waals surface area contributed by atoms with E-state index in [0.717, 1.165) is 36.0 Å². The van der Waals surface area contributed by atoms with Crippen LogP contribution >= 0.6 is 0 Å². The maximum Gasteiger partial charge on any atom is 0.137 e. The molecule has 3 aromatic carbocycles. The van der Waals surface area contributed by atoms with Gasteiger partial charge in [-0.15, -0.1) is 0 Å². The van der Waals surface area contributed by atoms with Gasteiger partial charge in [0.1, 0.15) is 23.4 Å². The van der Waals surface area contributed by atoms with Gasteiger partial charge < -0.3 is 15.0 Å². The molecule has 3 aromatic rings. The van der Waals surface area contributed by atoms with Crippen molar-refractivity contribution in [1.29, 1.82) is 0 Å². The Morgan fingerprint density at radius 3 is 2.46 bits per heavy atom. The van der Waals surface area contributed by atoms with Crippen LogP contribution in [0, 0.1) is 0 Å². The van der Waals surface area contributed by atoms with Crippen LogP contribution in [0.4, 0.5) is 5.69 Å². The van der Waals surface area contributed by atoms with E-state index < -0.39 is 0 Å². The molecule has 0 saturated carbocycles. The molecule has 2 atom stereocenters. The van der Waals surface area contributed by atoms with E-state index in [2.05, 4.69) is 90.8 Å². The van der Waals surface area contributed by atoms with Crippen LogP contribution in [0.3, 0.4) is 0 Å². The lowest BCUT2D eigenvalue weighted by Crippen LogP contribution is -2.33. The maximum atomic E-state index is 6.55. The van der Waals surface area contributed by atoms with Crippen molar-refractivity contribution in [3.63, 3.8) is 0 Å². The number of ether oxygens (including phenoxy) is 1. The molecule has 1 aliphatic carbocycles. The summed E-state index contributed by atoms with van der Waals surface area (Å²) in [6.45, 7) is 6.70. The molecule has 2 aliphatic heterocycles. The van der Waals surface area contributed by atoms with E-state index in [1.807, 2.05) is 6.07 Å². The van der Waals surface area contributed by atoms with Crippen LogP contribution in [0.1, 0.15) is 67.8 Å². The van der Waals surface area contributed by atoms with Gasteiger partial charge in [-0.3, -0.25) is 4.99 Å². The number of benzene rings is 3. The quantitative estimate of drug-likeness (QED) is 0.303. The van der Waals surface area contributed by atoms with Crippen LogP contribution < -0.4 is 15.0 Å². The molecular formula is C31H33N3O. The molecule has 35 heavy (non-hydrogen) atoms. The second-order valence-corrected chi connectivity index (χ2v) is 9.74. The summed E-state index contributed by atoms with van der Waals surface area (Å²) in [4.78, 5) is 7.62. The molecule has 2 unspecified atom stereocenters. The van der Waals surface area contributed by atoms with E-state index in [4.69, 9.17) is 9.73 Å². The number of hydrogen-bond acceptors (Lipinski definition) is 4. The fourth-order valence-electron chi connectivity index (χ4n) is 5.50. The summed E-state index contributed by atoms with van der Waals surface area (Å²) in [5.74, 6) is 2.86. The van der Waals surface area contributed by atoms with Crippen molar-refractivity contribution in [3.05, 3.63) is 95.1 Å². The van der Waals surface area contributed by atoms with Gasteiger partial charge in [-0.2, -0.15) is 0 Å². The lowest BCUT2D eigenvalue weighted by Gasteiger charge is -2.33. The number of anilines is 1. The largest absolute Gasteiger partial charge is 0.456 e. The van der Waals surface area contributed by atoms with E-state index in [9.17, 15) is 0 Å². The number of fused-ring (bicyclic) bond motifs is 4. The SMILES string of the molecule is CCCCN(CCCC)c1ccc2c(c1)Oc1cccc3c1C2=CC1NC(c2ccccc2)=NC31.